The van der Waals surface area contributed by atoms with Crippen molar-refractivity contribution in [2.24, 2.45) is 5.92 Å². The van der Waals surface area contributed by atoms with Gasteiger partial charge < -0.3 is 24.0 Å². The summed E-state index contributed by atoms with van der Waals surface area (Å²) in [5.74, 6) is -1.52. The molecule has 8 nitrogen and oxygen atoms in total. The molecule has 0 aliphatic carbocycles. The Hall–Kier alpha value is -2.35. The Labute approximate surface area is 151 Å². The zero-order valence-electron chi connectivity index (χ0n) is 15.0. The van der Waals surface area contributed by atoms with Crippen LogP contribution in [0.5, 0.6) is 0 Å². The largest absolute Gasteiger partial charge is 0.548 e. The van der Waals surface area contributed by atoms with Crippen LogP contribution in [0.4, 0.5) is 0 Å². The van der Waals surface area contributed by atoms with Gasteiger partial charge in [0.2, 0.25) is 5.91 Å². The summed E-state index contributed by atoms with van der Waals surface area (Å²) < 4.78 is 10.9. The molecule has 3 rings (SSSR count). The van der Waals surface area contributed by atoms with Crippen LogP contribution in [0.15, 0.2) is 22.8 Å². The van der Waals surface area contributed by atoms with E-state index in [0.717, 1.165) is 0 Å². The monoisotopic (exact) mass is 363 g/mol. The second-order valence-electron chi connectivity index (χ2n) is 7.22. The van der Waals surface area contributed by atoms with Gasteiger partial charge in [-0.2, -0.15) is 0 Å². The lowest BCUT2D eigenvalue weighted by molar-refractivity contribution is -0.310. The number of carboxylic acid groups (broad SMARTS) is 1. The molecule has 2 aliphatic rings. The van der Waals surface area contributed by atoms with Gasteiger partial charge in [0, 0.05) is 32.4 Å². The lowest BCUT2D eigenvalue weighted by Gasteiger charge is -2.44. The molecule has 0 aromatic carbocycles. The third-order valence-electron chi connectivity index (χ3n) is 4.96. The van der Waals surface area contributed by atoms with E-state index in [-0.39, 0.29) is 24.2 Å². The molecule has 8 heteroatoms. The van der Waals surface area contributed by atoms with E-state index in [1.807, 2.05) is 13.8 Å². The number of amides is 2. The van der Waals surface area contributed by atoms with E-state index < -0.39 is 23.6 Å². The van der Waals surface area contributed by atoms with Crippen LogP contribution in [-0.2, 0) is 14.3 Å². The van der Waals surface area contributed by atoms with Crippen molar-refractivity contribution in [3.8, 4) is 0 Å². The fourth-order valence-corrected chi connectivity index (χ4v) is 3.65. The van der Waals surface area contributed by atoms with Crippen LogP contribution >= 0.6 is 0 Å². The molecule has 26 heavy (non-hydrogen) atoms. The van der Waals surface area contributed by atoms with Gasteiger partial charge in [0.25, 0.3) is 5.91 Å². The first-order valence-electron chi connectivity index (χ1n) is 8.84. The highest BCUT2D eigenvalue weighted by atomic mass is 16.5. The third kappa shape index (κ3) is 3.33. The number of carbonyl (C=O) groups is 3. The van der Waals surface area contributed by atoms with E-state index in [4.69, 9.17) is 9.15 Å². The topological polar surface area (TPSA) is 103 Å². The van der Waals surface area contributed by atoms with Crippen molar-refractivity contribution in [3.63, 3.8) is 0 Å². The highest BCUT2D eigenvalue weighted by Gasteiger charge is 2.53. The molecule has 0 saturated carbocycles. The normalized spacial score (nSPS) is 22.2. The van der Waals surface area contributed by atoms with Gasteiger partial charge in [0.1, 0.15) is 5.72 Å². The molecule has 1 spiro atoms. The Morgan fingerprint density at radius 3 is 2.54 bits per heavy atom. The fraction of sp³-hybridized carbons (Fsp3) is 0.611. The van der Waals surface area contributed by atoms with Gasteiger partial charge in [-0.05, 0) is 18.1 Å². The Balaban J connectivity index is 1.79. The second kappa shape index (κ2) is 7.11. The molecule has 3 heterocycles. The van der Waals surface area contributed by atoms with E-state index in [9.17, 15) is 19.5 Å². The first-order chi connectivity index (χ1) is 12.3. The van der Waals surface area contributed by atoms with Crippen LogP contribution in [0.25, 0.3) is 0 Å². The van der Waals surface area contributed by atoms with Crippen LogP contribution in [0, 0.1) is 5.92 Å². The van der Waals surface area contributed by atoms with Gasteiger partial charge in [-0.15, -0.1) is 0 Å². The summed E-state index contributed by atoms with van der Waals surface area (Å²) in [5.41, 5.74) is -1.05. The number of nitrogens with zero attached hydrogens (tertiary/aromatic N) is 2. The van der Waals surface area contributed by atoms with Gasteiger partial charge in [-0.3, -0.25) is 14.5 Å². The highest BCUT2D eigenvalue weighted by molar-refractivity contribution is 5.95. The Bertz CT molecular complexity index is 676. The number of aliphatic carboxylic acids is 1. The first kappa shape index (κ1) is 18.4. The van der Waals surface area contributed by atoms with Gasteiger partial charge in [-0.1, -0.05) is 13.8 Å². The number of hydrogen-bond donors (Lipinski definition) is 0. The number of likely N-dealkylation sites (tertiary alicyclic amines) is 1. The number of carboxylic acids is 1. The van der Waals surface area contributed by atoms with Crippen molar-refractivity contribution in [1.29, 1.82) is 0 Å². The number of furan rings is 1. The number of piperidine rings is 1. The minimum Gasteiger partial charge on any atom is -0.548 e. The minimum atomic E-state index is -1.36. The van der Waals surface area contributed by atoms with Crippen molar-refractivity contribution in [3.05, 3.63) is 24.2 Å². The fourth-order valence-electron chi connectivity index (χ4n) is 3.65. The lowest BCUT2D eigenvalue weighted by atomic mass is 9.96. The maximum atomic E-state index is 12.8. The quantitative estimate of drug-likeness (QED) is 0.759. The minimum absolute atomic E-state index is 0.0550. The molecule has 2 fully saturated rings. The van der Waals surface area contributed by atoms with Crippen LogP contribution < -0.4 is 5.11 Å². The average Bonchev–Trinajstić information content (AvgIpc) is 3.23. The maximum absolute atomic E-state index is 12.8. The number of carbonyl (C=O) groups excluding carboxylic acids is 3. The van der Waals surface area contributed by atoms with Gasteiger partial charge in [0.15, 0.2) is 5.76 Å². The van der Waals surface area contributed by atoms with E-state index in [1.165, 1.54) is 17.2 Å². The predicted molar refractivity (Wildman–Crippen MR) is 87.6 cm³/mol. The summed E-state index contributed by atoms with van der Waals surface area (Å²) in [4.78, 5) is 39.6. The summed E-state index contributed by atoms with van der Waals surface area (Å²) in [7, 11) is 0. The molecular formula is C18H23N2O6-. The average molecular weight is 363 g/mol. The molecule has 0 radical (unpaired) electrons. The van der Waals surface area contributed by atoms with Crippen LogP contribution in [0.1, 0.15) is 43.7 Å². The molecule has 1 aromatic rings. The zero-order valence-corrected chi connectivity index (χ0v) is 15.0. The number of rotatable bonds is 4. The van der Waals surface area contributed by atoms with Gasteiger partial charge in [-0.25, -0.2) is 0 Å². The van der Waals surface area contributed by atoms with Crippen molar-refractivity contribution < 1.29 is 28.6 Å². The molecular weight excluding hydrogens is 340 g/mol. The summed E-state index contributed by atoms with van der Waals surface area (Å²) in [6.07, 6.45) is 2.53. The van der Waals surface area contributed by atoms with Crippen molar-refractivity contribution >= 4 is 17.8 Å². The van der Waals surface area contributed by atoms with Gasteiger partial charge in [0.05, 0.1) is 24.9 Å². The highest BCUT2D eigenvalue weighted by Crippen LogP contribution is 2.38. The third-order valence-corrected chi connectivity index (χ3v) is 4.96. The molecule has 2 saturated heterocycles. The summed E-state index contributed by atoms with van der Waals surface area (Å²) in [6, 6.07) is 1.88. The van der Waals surface area contributed by atoms with Gasteiger partial charge >= 0.3 is 0 Å². The molecule has 0 bridgehead atoms. The van der Waals surface area contributed by atoms with Crippen LogP contribution in [0.2, 0.25) is 0 Å². The standard InChI is InChI=1S/C18H24N2O6/c1-12(2)10-15(21)19-7-5-18(6-8-19)20(13(11-26-18)17(23)24)16(22)14-4-3-9-25-14/h3-4,9,12-13H,5-8,10-11H2,1-2H3,(H,23,24)/p-1/t13-/m1/s1. The lowest BCUT2D eigenvalue weighted by Crippen LogP contribution is -2.60. The number of hydrogen-bond acceptors (Lipinski definition) is 6. The molecule has 2 amide bonds. The Morgan fingerprint density at radius 2 is 2.00 bits per heavy atom. The van der Waals surface area contributed by atoms with E-state index in [2.05, 4.69) is 0 Å². The molecule has 0 unspecified atom stereocenters. The zero-order chi connectivity index (χ0) is 18.9. The SMILES string of the molecule is CC(C)CC(=O)N1CCC2(CC1)OC[C@H](C(=O)[O-])N2C(=O)c1ccco1. The van der Waals surface area contributed by atoms with E-state index in [0.29, 0.717) is 32.4 Å². The predicted octanol–water partition coefficient (Wildman–Crippen LogP) is 0.235. The van der Waals surface area contributed by atoms with Crippen LogP contribution in [0.3, 0.4) is 0 Å². The molecule has 0 N–H and O–H groups in total. The van der Waals surface area contributed by atoms with Crippen LogP contribution in [-0.4, -0.2) is 59.0 Å². The van der Waals surface area contributed by atoms with E-state index in [1.54, 1.807) is 11.0 Å². The molecule has 2 aliphatic heterocycles. The van der Waals surface area contributed by atoms with Crippen molar-refractivity contribution in [2.75, 3.05) is 19.7 Å². The Morgan fingerprint density at radius 1 is 1.31 bits per heavy atom. The summed E-state index contributed by atoms with van der Waals surface area (Å²) in [6.45, 7) is 4.66. The Kier molecular flexibility index (Phi) is 5.04. The first-order valence-corrected chi connectivity index (χ1v) is 8.84. The second-order valence-corrected chi connectivity index (χ2v) is 7.22. The van der Waals surface area contributed by atoms with E-state index >= 15 is 0 Å². The summed E-state index contributed by atoms with van der Waals surface area (Å²) >= 11 is 0. The molecule has 1 aromatic heterocycles. The molecule has 142 valence electrons. The van der Waals surface area contributed by atoms with Crippen molar-refractivity contribution in [1.82, 2.24) is 9.80 Å². The number of ether oxygens (including phenoxy) is 1. The molecule has 1 atom stereocenters. The smallest absolute Gasteiger partial charge is 0.292 e. The maximum Gasteiger partial charge on any atom is 0.292 e. The summed E-state index contributed by atoms with van der Waals surface area (Å²) in [5, 5.41) is 11.5. The van der Waals surface area contributed by atoms with Crippen molar-refractivity contribution in [2.45, 2.75) is 44.9 Å².